The molecule has 0 saturated carbocycles. The highest BCUT2D eigenvalue weighted by Crippen LogP contribution is 2.17. The van der Waals surface area contributed by atoms with Gasteiger partial charge < -0.3 is 15.2 Å². The molecular formula is C19H26N4O2. The summed E-state index contributed by atoms with van der Waals surface area (Å²) < 4.78 is 0. The molecule has 1 fully saturated rings. The fraction of sp³-hybridized carbons (Fsp3) is 0.474. The second-order valence-electron chi connectivity index (χ2n) is 6.57. The van der Waals surface area contributed by atoms with Crippen molar-refractivity contribution in [1.29, 1.82) is 0 Å². The average molecular weight is 342 g/mol. The largest absolute Gasteiger partial charge is 0.355 e. The lowest BCUT2D eigenvalue weighted by Gasteiger charge is -2.37. The molecule has 0 bridgehead atoms. The first-order valence-corrected chi connectivity index (χ1v) is 8.99. The van der Waals surface area contributed by atoms with Crippen LogP contribution in [-0.4, -0.2) is 65.4 Å². The van der Waals surface area contributed by atoms with E-state index < -0.39 is 0 Å². The average Bonchev–Trinajstić information content (AvgIpc) is 3.09. The zero-order valence-electron chi connectivity index (χ0n) is 14.9. The molecular weight excluding hydrogens is 316 g/mol. The number of carbonyl (C=O) groups excluding carboxylic acids is 2. The van der Waals surface area contributed by atoms with E-state index in [2.05, 4.69) is 15.2 Å². The predicted octanol–water partition coefficient (Wildman–Crippen LogP) is 1.84. The van der Waals surface area contributed by atoms with Crippen LogP contribution in [0.5, 0.6) is 0 Å². The number of piperazine rings is 1. The Kier molecular flexibility index (Phi) is 5.38. The second kappa shape index (κ2) is 7.70. The summed E-state index contributed by atoms with van der Waals surface area (Å²) in [5.41, 5.74) is 1.61. The number of nitrogens with one attached hydrogen (secondary N) is 2. The first kappa shape index (κ1) is 17.5. The van der Waals surface area contributed by atoms with Gasteiger partial charge in [0, 0.05) is 43.6 Å². The van der Waals surface area contributed by atoms with Crippen molar-refractivity contribution in [2.45, 2.75) is 26.3 Å². The minimum Gasteiger partial charge on any atom is -0.355 e. The Morgan fingerprint density at radius 2 is 1.92 bits per heavy atom. The van der Waals surface area contributed by atoms with Crippen LogP contribution < -0.4 is 5.32 Å². The Balaban J connectivity index is 1.58. The van der Waals surface area contributed by atoms with Crippen LogP contribution in [0.3, 0.4) is 0 Å². The van der Waals surface area contributed by atoms with Crippen LogP contribution in [-0.2, 0) is 4.79 Å². The molecule has 6 nitrogen and oxygen atoms in total. The number of para-hydroxylation sites is 1. The Bertz CT molecular complexity index is 714. The van der Waals surface area contributed by atoms with Crippen LogP contribution in [0.15, 0.2) is 30.3 Å². The second-order valence-corrected chi connectivity index (χ2v) is 6.57. The van der Waals surface area contributed by atoms with Crippen LogP contribution in [0.4, 0.5) is 0 Å². The van der Waals surface area contributed by atoms with Crippen molar-refractivity contribution < 1.29 is 9.59 Å². The van der Waals surface area contributed by atoms with E-state index in [4.69, 9.17) is 0 Å². The highest BCUT2D eigenvalue weighted by Gasteiger charge is 2.28. The Labute approximate surface area is 148 Å². The summed E-state index contributed by atoms with van der Waals surface area (Å²) in [6, 6.07) is 9.64. The van der Waals surface area contributed by atoms with Crippen LogP contribution in [0.2, 0.25) is 0 Å². The first-order valence-electron chi connectivity index (χ1n) is 8.99. The van der Waals surface area contributed by atoms with E-state index in [-0.39, 0.29) is 17.9 Å². The quantitative estimate of drug-likeness (QED) is 0.871. The molecule has 25 heavy (non-hydrogen) atoms. The summed E-state index contributed by atoms with van der Waals surface area (Å²) in [5.74, 6) is 0.0937. The Morgan fingerprint density at radius 1 is 1.20 bits per heavy atom. The van der Waals surface area contributed by atoms with E-state index in [1.807, 2.05) is 49.1 Å². The lowest BCUT2D eigenvalue weighted by atomic mass is 10.2. The standard InChI is InChI=1S/C19H26N4O2/c1-3-8-20-18(24)14(2)22-9-11-23(12-10-22)19(25)17-13-15-6-4-5-7-16(15)21-17/h4-7,13-14,21H,3,8-12H2,1-2H3,(H,20,24)/t14-/m0/s1. The number of hydrogen-bond acceptors (Lipinski definition) is 3. The number of aromatic nitrogens is 1. The van der Waals surface area contributed by atoms with Crippen molar-refractivity contribution in [1.82, 2.24) is 20.1 Å². The van der Waals surface area contributed by atoms with Gasteiger partial charge in [-0.2, -0.15) is 0 Å². The van der Waals surface area contributed by atoms with Crippen molar-refractivity contribution in [3.05, 3.63) is 36.0 Å². The number of carbonyl (C=O) groups is 2. The summed E-state index contributed by atoms with van der Waals surface area (Å²) >= 11 is 0. The monoisotopic (exact) mass is 342 g/mol. The Morgan fingerprint density at radius 3 is 2.60 bits per heavy atom. The normalized spacial score (nSPS) is 16.8. The minimum atomic E-state index is -0.156. The molecule has 2 aromatic rings. The van der Waals surface area contributed by atoms with Crippen molar-refractivity contribution in [2.75, 3.05) is 32.7 Å². The number of amides is 2. The van der Waals surface area contributed by atoms with Crippen LogP contribution in [0, 0.1) is 0 Å². The maximum atomic E-state index is 12.7. The van der Waals surface area contributed by atoms with E-state index in [0.29, 0.717) is 38.4 Å². The summed E-state index contributed by atoms with van der Waals surface area (Å²) in [6.07, 6.45) is 0.936. The molecule has 1 atom stereocenters. The molecule has 6 heteroatoms. The van der Waals surface area contributed by atoms with Gasteiger partial charge in [-0.1, -0.05) is 25.1 Å². The molecule has 1 aliphatic rings. The first-order chi connectivity index (χ1) is 12.1. The van der Waals surface area contributed by atoms with Gasteiger partial charge in [0.1, 0.15) is 5.69 Å². The molecule has 0 spiro atoms. The molecule has 0 unspecified atom stereocenters. The molecule has 2 heterocycles. The Hall–Kier alpha value is -2.34. The third-order valence-corrected chi connectivity index (χ3v) is 4.84. The van der Waals surface area contributed by atoms with E-state index in [9.17, 15) is 9.59 Å². The van der Waals surface area contributed by atoms with Crippen LogP contribution in [0.25, 0.3) is 10.9 Å². The van der Waals surface area contributed by atoms with E-state index >= 15 is 0 Å². The number of aromatic amines is 1. The fourth-order valence-corrected chi connectivity index (χ4v) is 3.23. The highest BCUT2D eigenvalue weighted by atomic mass is 16.2. The molecule has 1 aromatic carbocycles. The molecule has 2 amide bonds. The minimum absolute atomic E-state index is 0.0268. The maximum absolute atomic E-state index is 12.7. The lowest BCUT2D eigenvalue weighted by molar-refractivity contribution is -0.126. The third-order valence-electron chi connectivity index (χ3n) is 4.84. The number of rotatable bonds is 5. The van der Waals surface area contributed by atoms with Gasteiger partial charge in [0.05, 0.1) is 6.04 Å². The fourth-order valence-electron chi connectivity index (χ4n) is 3.23. The zero-order chi connectivity index (χ0) is 17.8. The summed E-state index contributed by atoms with van der Waals surface area (Å²) in [6.45, 7) is 7.39. The summed E-state index contributed by atoms with van der Waals surface area (Å²) in [7, 11) is 0. The number of benzene rings is 1. The SMILES string of the molecule is CCCNC(=O)[C@H](C)N1CCN(C(=O)c2cc3ccccc3[nH]2)CC1. The number of H-pyrrole nitrogens is 1. The maximum Gasteiger partial charge on any atom is 0.270 e. The molecule has 134 valence electrons. The van der Waals surface area contributed by atoms with Gasteiger partial charge >= 0.3 is 0 Å². The van der Waals surface area contributed by atoms with Gasteiger partial charge in [-0.25, -0.2) is 0 Å². The van der Waals surface area contributed by atoms with Crippen molar-refractivity contribution in [3.63, 3.8) is 0 Å². The van der Waals surface area contributed by atoms with Crippen molar-refractivity contribution in [2.24, 2.45) is 0 Å². The van der Waals surface area contributed by atoms with Crippen molar-refractivity contribution in [3.8, 4) is 0 Å². The lowest BCUT2D eigenvalue weighted by Crippen LogP contribution is -2.55. The molecule has 1 aromatic heterocycles. The molecule has 3 rings (SSSR count). The molecule has 1 aliphatic heterocycles. The third kappa shape index (κ3) is 3.85. The zero-order valence-corrected chi connectivity index (χ0v) is 14.9. The van der Waals surface area contributed by atoms with Gasteiger partial charge in [-0.05, 0) is 25.5 Å². The van der Waals surface area contributed by atoms with E-state index in [1.165, 1.54) is 0 Å². The molecule has 0 aliphatic carbocycles. The van der Waals surface area contributed by atoms with Crippen molar-refractivity contribution >= 4 is 22.7 Å². The van der Waals surface area contributed by atoms with Crippen LogP contribution in [0.1, 0.15) is 30.8 Å². The molecule has 2 N–H and O–H groups in total. The number of fused-ring (bicyclic) bond motifs is 1. The summed E-state index contributed by atoms with van der Waals surface area (Å²) in [4.78, 5) is 32.0. The van der Waals surface area contributed by atoms with Crippen LogP contribution >= 0.6 is 0 Å². The topological polar surface area (TPSA) is 68.4 Å². The van der Waals surface area contributed by atoms with Gasteiger partial charge in [0.25, 0.3) is 5.91 Å². The predicted molar refractivity (Wildman–Crippen MR) is 98.5 cm³/mol. The number of hydrogen-bond donors (Lipinski definition) is 2. The smallest absolute Gasteiger partial charge is 0.270 e. The van der Waals surface area contributed by atoms with Gasteiger partial charge in [-0.3, -0.25) is 14.5 Å². The van der Waals surface area contributed by atoms with Gasteiger partial charge in [0.15, 0.2) is 0 Å². The molecule has 0 radical (unpaired) electrons. The van der Waals surface area contributed by atoms with Gasteiger partial charge in [-0.15, -0.1) is 0 Å². The number of nitrogens with zero attached hydrogens (tertiary/aromatic N) is 2. The van der Waals surface area contributed by atoms with E-state index in [1.54, 1.807) is 0 Å². The molecule has 1 saturated heterocycles. The van der Waals surface area contributed by atoms with Gasteiger partial charge in [0.2, 0.25) is 5.91 Å². The van der Waals surface area contributed by atoms with E-state index in [0.717, 1.165) is 17.3 Å². The highest BCUT2D eigenvalue weighted by molar-refractivity contribution is 5.98. The summed E-state index contributed by atoms with van der Waals surface area (Å²) in [5, 5.41) is 3.98.